The first-order valence-corrected chi connectivity index (χ1v) is 19.6. The second-order valence-electron chi connectivity index (χ2n) is 14.8. The molecule has 0 radical (unpaired) electrons. The fourth-order valence-corrected chi connectivity index (χ4v) is 8.99. The highest BCUT2D eigenvalue weighted by Crippen LogP contribution is 2.51. The molecule has 4 aliphatic rings. The van der Waals surface area contributed by atoms with Gasteiger partial charge in [0.2, 0.25) is 33.6 Å². The van der Waals surface area contributed by atoms with Crippen LogP contribution in [0.15, 0.2) is 59.0 Å². The zero-order valence-corrected chi connectivity index (χ0v) is 29.6. The number of rotatable bonds is 6. The van der Waals surface area contributed by atoms with E-state index >= 15 is 8.78 Å². The van der Waals surface area contributed by atoms with Gasteiger partial charge in [0, 0.05) is 24.6 Å². The number of nitrogens with one attached hydrogen (secondary N) is 2. The van der Waals surface area contributed by atoms with Gasteiger partial charge in [-0.2, -0.15) is 0 Å². The summed E-state index contributed by atoms with van der Waals surface area (Å²) in [7, 11) is -4.05. The lowest BCUT2D eigenvalue weighted by atomic mass is 10.0. The Kier molecular flexibility index (Phi) is 8.87. The van der Waals surface area contributed by atoms with Crippen LogP contribution < -0.4 is 20.5 Å². The Hall–Kier alpha value is -4.70. The number of aromatic nitrogens is 2. The first-order chi connectivity index (χ1) is 25.3. The summed E-state index contributed by atoms with van der Waals surface area (Å²) in [6.45, 7) is -0.0740. The lowest BCUT2D eigenvalue weighted by molar-refractivity contribution is -0.140. The van der Waals surface area contributed by atoms with Gasteiger partial charge >= 0.3 is 0 Å². The molecule has 4 heterocycles. The minimum absolute atomic E-state index is 0.0583. The van der Waals surface area contributed by atoms with Crippen molar-refractivity contribution in [1.29, 1.82) is 0 Å². The van der Waals surface area contributed by atoms with Crippen LogP contribution in [0.1, 0.15) is 64.2 Å². The highest BCUT2D eigenvalue weighted by molar-refractivity contribution is 7.91. The Morgan fingerprint density at radius 1 is 1.00 bits per heavy atom. The topological polar surface area (TPSA) is 187 Å². The van der Waals surface area contributed by atoms with E-state index in [1.807, 2.05) is 41.1 Å². The van der Waals surface area contributed by atoms with Gasteiger partial charge in [-0.3, -0.25) is 19.1 Å². The Morgan fingerprint density at radius 2 is 1.74 bits per heavy atom. The van der Waals surface area contributed by atoms with Crippen molar-refractivity contribution >= 4 is 49.7 Å². The smallest absolute Gasteiger partial charge is 0.259 e. The Labute approximate surface area is 304 Å². The van der Waals surface area contributed by atoms with Gasteiger partial charge in [-0.15, -0.1) is 0 Å². The number of hydrogen-bond acceptors (Lipinski definition) is 10. The van der Waals surface area contributed by atoms with Crippen LogP contribution in [0.4, 0.5) is 8.78 Å². The van der Waals surface area contributed by atoms with Gasteiger partial charge in [0.05, 0.1) is 28.9 Å². The zero-order valence-electron chi connectivity index (χ0n) is 28.8. The second kappa shape index (κ2) is 13.3. The molecule has 2 aromatic heterocycles. The predicted octanol–water partition coefficient (Wildman–Crippen LogP) is 4.19. The number of hydrogen-bond donors (Lipinski definition) is 3. The van der Waals surface area contributed by atoms with Crippen LogP contribution in [0.2, 0.25) is 0 Å². The van der Waals surface area contributed by atoms with Gasteiger partial charge in [-0.05, 0) is 62.3 Å². The van der Waals surface area contributed by atoms with Crippen LogP contribution in [-0.4, -0.2) is 82.5 Å². The number of nitrogens with two attached hydrogens (primary N) is 1. The summed E-state index contributed by atoms with van der Waals surface area (Å²) in [5, 5.41) is 2.73. The fourth-order valence-electron chi connectivity index (χ4n) is 7.63. The standard InChI is InChI=1S/C37H40F2N6O7S/c38-36(39)15-7-1-2-9-25(40)34(47)45-20-23(17-28(45)32(46)43-37(19-22(37)18-36)35(48)44-53(49,50)24-13-14-24)51-33-31(41-26-10-4-5-11-27(26)42-33)30-16-21-8-3-6-12-29(21)52-30/h3-6,8,10-12,16,22-25,28H,1-2,7,9,13-15,17-20,40H2,(H,43,46)(H,44,48). The highest BCUT2D eigenvalue weighted by atomic mass is 32.2. The van der Waals surface area contributed by atoms with E-state index in [1.165, 1.54) is 4.90 Å². The number of fused-ring (bicyclic) bond motifs is 4. The fraction of sp³-hybridized carbons (Fsp3) is 0.486. The first-order valence-electron chi connectivity index (χ1n) is 18.1. The molecule has 0 spiro atoms. The first kappa shape index (κ1) is 35.3. The van der Waals surface area contributed by atoms with E-state index < -0.39 is 81.4 Å². The summed E-state index contributed by atoms with van der Waals surface area (Å²) in [6, 6.07) is 14.3. The molecule has 53 heavy (non-hydrogen) atoms. The van der Waals surface area contributed by atoms with Crippen LogP contribution in [0.25, 0.3) is 33.5 Å². The van der Waals surface area contributed by atoms with Crippen LogP contribution in [-0.2, 0) is 24.4 Å². The third kappa shape index (κ3) is 7.05. The van der Waals surface area contributed by atoms with E-state index in [1.54, 1.807) is 18.2 Å². The Morgan fingerprint density at radius 3 is 2.49 bits per heavy atom. The number of benzene rings is 2. The van der Waals surface area contributed by atoms with Crippen LogP contribution in [0.3, 0.4) is 0 Å². The van der Waals surface area contributed by atoms with E-state index in [0.29, 0.717) is 53.8 Å². The molecule has 4 fully saturated rings. The van der Waals surface area contributed by atoms with E-state index in [9.17, 15) is 22.8 Å². The molecule has 4 aromatic rings. The van der Waals surface area contributed by atoms with Crippen LogP contribution in [0, 0.1) is 5.92 Å². The van der Waals surface area contributed by atoms with E-state index in [0.717, 1.165) is 5.39 Å². The van der Waals surface area contributed by atoms with Crippen LogP contribution >= 0.6 is 0 Å². The SMILES string of the molecule is NC1CCCCCC(F)(F)CC2CC2(C(=O)NS(=O)(=O)C2CC2)NC(=O)C2CC(Oc3nc4ccccc4nc3-c3cc4ccccc4o3)CN2C1=O. The van der Waals surface area contributed by atoms with Crippen molar-refractivity contribution in [3.05, 3.63) is 54.6 Å². The third-order valence-electron chi connectivity index (χ3n) is 10.8. The number of ether oxygens (including phenoxy) is 1. The van der Waals surface area contributed by atoms with E-state index in [4.69, 9.17) is 24.9 Å². The highest BCUT2D eigenvalue weighted by Gasteiger charge is 2.65. The van der Waals surface area contributed by atoms with E-state index in [-0.39, 0.29) is 38.1 Å². The average Bonchev–Trinajstić information content (AvgIpc) is 4.00. The Balaban J connectivity index is 1.11. The molecule has 2 aliphatic carbocycles. The number of para-hydroxylation sites is 3. The van der Waals surface area contributed by atoms with Gasteiger partial charge in [0.1, 0.15) is 23.3 Å². The zero-order chi connectivity index (χ0) is 37.1. The number of amides is 3. The number of nitrogens with zero attached hydrogens (tertiary/aromatic N) is 3. The summed E-state index contributed by atoms with van der Waals surface area (Å²) in [5.41, 5.74) is 6.52. The minimum Gasteiger partial charge on any atom is -0.471 e. The molecule has 4 N–H and O–H groups in total. The number of alkyl halides is 2. The van der Waals surface area contributed by atoms with Crippen molar-refractivity contribution in [1.82, 2.24) is 24.9 Å². The van der Waals surface area contributed by atoms with Gasteiger partial charge in [-0.25, -0.2) is 27.2 Å². The number of furan rings is 1. The monoisotopic (exact) mass is 750 g/mol. The van der Waals surface area contributed by atoms with Crippen molar-refractivity contribution in [2.24, 2.45) is 11.7 Å². The van der Waals surface area contributed by atoms with Crippen molar-refractivity contribution in [2.75, 3.05) is 6.54 Å². The molecule has 5 atom stereocenters. The van der Waals surface area contributed by atoms with Crippen LogP contribution in [0.5, 0.6) is 5.88 Å². The maximum Gasteiger partial charge on any atom is 0.259 e. The van der Waals surface area contributed by atoms with Crippen molar-refractivity contribution < 1.29 is 40.7 Å². The quantitative estimate of drug-likeness (QED) is 0.258. The summed E-state index contributed by atoms with van der Waals surface area (Å²) in [4.78, 5) is 52.6. The summed E-state index contributed by atoms with van der Waals surface area (Å²) >= 11 is 0. The number of sulfonamides is 1. The molecule has 5 unspecified atom stereocenters. The summed E-state index contributed by atoms with van der Waals surface area (Å²) < 4.78 is 70.5. The number of carbonyl (C=O) groups is 3. The maximum atomic E-state index is 15.2. The molecule has 2 aliphatic heterocycles. The number of halogens is 2. The van der Waals surface area contributed by atoms with Crippen molar-refractivity contribution in [3.8, 4) is 17.3 Å². The lowest BCUT2D eigenvalue weighted by Crippen LogP contribution is -2.58. The average molecular weight is 751 g/mol. The molecular formula is C37H40F2N6O7S. The largest absolute Gasteiger partial charge is 0.471 e. The van der Waals surface area contributed by atoms with E-state index in [2.05, 4.69) is 5.32 Å². The molecule has 2 saturated heterocycles. The lowest BCUT2D eigenvalue weighted by Gasteiger charge is -2.28. The molecule has 16 heteroatoms. The van der Waals surface area contributed by atoms with Gasteiger partial charge in [0.15, 0.2) is 11.5 Å². The van der Waals surface area contributed by atoms with Gasteiger partial charge in [0.25, 0.3) is 5.91 Å². The molecule has 2 saturated carbocycles. The minimum atomic E-state index is -4.05. The molecule has 2 aromatic carbocycles. The third-order valence-corrected chi connectivity index (χ3v) is 12.6. The maximum absolute atomic E-state index is 15.2. The Bertz CT molecular complexity index is 2180. The molecule has 280 valence electrons. The predicted molar refractivity (Wildman–Crippen MR) is 189 cm³/mol. The molecule has 8 rings (SSSR count). The van der Waals surface area contributed by atoms with Crippen molar-refractivity contribution in [3.63, 3.8) is 0 Å². The summed E-state index contributed by atoms with van der Waals surface area (Å²) in [6.07, 6.45) is -0.196. The molecular weight excluding hydrogens is 711 g/mol. The second-order valence-corrected chi connectivity index (χ2v) is 16.8. The normalized spacial score (nSPS) is 28.0. The van der Waals surface area contributed by atoms with Gasteiger partial charge in [-0.1, -0.05) is 43.2 Å². The molecule has 3 amide bonds. The molecule has 13 nitrogen and oxygen atoms in total. The van der Waals surface area contributed by atoms with Gasteiger partial charge < -0.3 is 25.1 Å². The van der Waals surface area contributed by atoms with Crippen molar-refractivity contribution in [2.45, 2.75) is 99.1 Å². The number of carbonyl (C=O) groups excluding carboxylic acids is 3. The summed E-state index contributed by atoms with van der Waals surface area (Å²) in [5.74, 6) is -6.03. The molecule has 0 bridgehead atoms.